The minimum absolute atomic E-state index is 0.188. The van der Waals surface area contributed by atoms with E-state index >= 15 is 0 Å². The third kappa shape index (κ3) is 4.63. The van der Waals surface area contributed by atoms with E-state index in [1.54, 1.807) is 12.1 Å². The van der Waals surface area contributed by atoms with Gasteiger partial charge < -0.3 is 0 Å². The van der Waals surface area contributed by atoms with Crippen molar-refractivity contribution >= 4 is 11.8 Å². The number of benzene rings is 1. The fraction of sp³-hybridized carbons (Fsp3) is 0.278. The smallest absolute Gasteiger partial charge is 0.293 e. The zero-order valence-electron chi connectivity index (χ0n) is 14.3. The van der Waals surface area contributed by atoms with Gasteiger partial charge in [-0.1, -0.05) is 41.1 Å². The molecule has 0 atom stereocenters. The van der Waals surface area contributed by atoms with Crippen LogP contribution in [-0.2, 0) is 12.3 Å². The van der Waals surface area contributed by atoms with Crippen LogP contribution in [-0.4, -0.2) is 25.9 Å². The Morgan fingerprint density at radius 3 is 2.27 bits per heavy atom. The highest BCUT2D eigenvalue weighted by atomic mass is 32.2. The van der Waals surface area contributed by atoms with Gasteiger partial charge in [0.2, 0.25) is 0 Å². The van der Waals surface area contributed by atoms with E-state index in [9.17, 15) is 13.2 Å². The number of halogens is 3. The van der Waals surface area contributed by atoms with Crippen LogP contribution in [0.2, 0.25) is 0 Å². The summed E-state index contributed by atoms with van der Waals surface area (Å²) < 4.78 is 40.3. The molecule has 0 bridgehead atoms. The van der Waals surface area contributed by atoms with Gasteiger partial charge in [-0.15, -0.1) is 10.2 Å². The number of hydrogen-bond donors (Lipinski definition) is 0. The van der Waals surface area contributed by atoms with Crippen molar-refractivity contribution in [2.45, 2.75) is 37.5 Å². The molecule has 0 spiro atoms. The van der Waals surface area contributed by atoms with E-state index in [1.807, 2.05) is 26.0 Å². The van der Waals surface area contributed by atoms with Gasteiger partial charge in [0.1, 0.15) is 6.54 Å². The van der Waals surface area contributed by atoms with Crippen molar-refractivity contribution in [1.82, 2.24) is 19.7 Å². The number of aromatic nitrogens is 4. The molecule has 0 aliphatic heterocycles. The van der Waals surface area contributed by atoms with E-state index in [4.69, 9.17) is 0 Å². The van der Waals surface area contributed by atoms with Gasteiger partial charge in [0.25, 0.3) is 0 Å². The Hall–Kier alpha value is -2.35. The van der Waals surface area contributed by atoms with E-state index in [0.717, 1.165) is 21.3 Å². The molecule has 2 heterocycles. The minimum atomic E-state index is -4.36. The molecule has 0 saturated carbocycles. The van der Waals surface area contributed by atoms with Gasteiger partial charge in [0.15, 0.2) is 11.0 Å². The van der Waals surface area contributed by atoms with E-state index in [-0.39, 0.29) is 11.0 Å². The standard InChI is InChI=1S/C18H17F3N4S/c1-12-7-13(2)9-14(8-12)10-26-17-24-23-16(15-3-5-22-6-4-15)25(17)11-18(19,20)21/h3-9H,10-11H2,1-2H3. The molecule has 0 amide bonds. The van der Waals surface area contributed by atoms with Crippen molar-refractivity contribution in [3.05, 3.63) is 59.4 Å². The lowest BCUT2D eigenvalue weighted by atomic mass is 10.1. The highest BCUT2D eigenvalue weighted by molar-refractivity contribution is 7.98. The first-order chi connectivity index (χ1) is 12.3. The summed E-state index contributed by atoms with van der Waals surface area (Å²) >= 11 is 1.25. The molecule has 0 aliphatic rings. The molecule has 0 N–H and O–H groups in total. The predicted molar refractivity (Wildman–Crippen MR) is 94.8 cm³/mol. The summed E-state index contributed by atoms with van der Waals surface area (Å²) in [4.78, 5) is 3.89. The molecule has 0 radical (unpaired) electrons. The predicted octanol–water partition coefficient (Wildman–Crippen LogP) is 4.81. The maximum atomic E-state index is 13.1. The van der Waals surface area contributed by atoms with Crippen molar-refractivity contribution in [2.75, 3.05) is 0 Å². The lowest BCUT2D eigenvalue weighted by molar-refractivity contribution is -0.141. The molecule has 0 aliphatic carbocycles. The molecule has 3 rings (SSSR count). The van der Waals surface area contributed by atoms with Crippen molar-refractivity contribution < 1.29 is 13.2 Å². The zero-order valence-corrected chi connectivity index (χ0v) is 15.1. The fourth-order valence-electron chi connectivity index (χ4n) is 2.73. The first kappa shape index (κ1) is 18.4. The molecule has 0 saturated heterocycles. The van der Waals surface area contributed by atoms with Crippen LogP contribution in [0, 0.1) is 13.8 Å². The molecule has 2 aromatic heterocycles. The molecular formula is C18H17F3N4S. The van der Waals surface area contributed by atoms with E-state index in [0.29, 0.717) is 11.3 Å². The molecule has 0 fully saturated rings. The summed E-state index contributed by atoms with van der Waals surface area (Å²) in [5.41, 5.74) is 3.83. The second-order valence-electron chi connectivity index (χ2n) is 6.03. The number of alkyl halides is 3. The highest BCUT2D eigenvalue weighted by Gasteiger charge is 2.31. The Balaban J connectivity index is 1.90. The summed E-state index contributed by atoms with van der Waals surface area (Å²) in [5.74, 6) is 0.710. The van der Waals surface area contributed by atoms with Crippen LogP contribution in [0.4, 0.5) is 13.2 Å². The third-order valence-electron chi connectivity index (χ3n) is 3.64. The van der Waals surface area contributed by atoms with Crippen LogP contribution in [0.5, 0.6) is 0 Å². The summed E-state index contributed by atoms with van der Waals surface area (Å²) in [5, 5.41) is 8.22. The largest absolute Gasteiger partial charge is 0.406 e. The molecular weight excluding hydrogens is 361 g/mol. The number of aryl methyl sites for hydroxylation is 2. The van der Waals surface area contributed by atoms with Gasteiger partial charge in [-0.05, 0) is 31.5 Å². The lowest BCUT2D eigenvalue weighted by Crippen LogP contribution is -2.19. The molecule has 4 nitrogen and oxygen atoms in total. The maximum Gasteiger partial charge on any atom is 0.406 e. The van der Waals surface area contributed by atoms with Crippen LogP contribution in [0.3, 0.4) is 0 Å². The fourth-order valence-corrected chi connectivity index (χ4v) is 3.60. The average Bonchev–Trinajstić information content (AvgIpc) is 2.93. The Bertz CT molecular complexity index is 871. The third-order valence-corrected chi connectivity index (χ3v) is 4.68. The van der Waals surface area contributed by atoms with E-state index < -0.39 is 12.7 Å². The SMILES string of the molecule is Cc1cc(C)cc(CSc2nnc(-c3ccncc3)n2CC(F)(F)F)c1. The Kier molecular flexibility index (Phi) is 5.31. The summed E-state index contributed by atoms with van der Waals surface area (Å²) in [6.45, 7) is 2.86. The topological polar surface area (TPSA) is 43.6 Å². The van der Waals surface area contributed by atoms with Gasteiger partial charge >= 0.3 is 6.18 Å². The molecule has 8 heteroatoms. The number of pyridine rings is 1. The zero-order chi connectivity index (χ0) is 18.7. The van der Waals surface area contributed by atoms with Crippen LogP contribution in [0.1, 0.15) is 16.7 Å². The van der Waals surface area contributed by atoms with Crippen LogP contribution in [0.15, 0.2) is 47.9 Å². The molecule has 26 heavy (non-hydrogen) atoms. The van der Waals surface area contributed by atoms with Gasteiger partial charge in [-0.25, -0.2) is 0 Å². The Morgan fingerprint density at radius 1 is 1.00 bits per heavy atom. The first-order valence-electron chi connectivity index (χ1n) is 7.92. The van der Waals surface area contributed by atoms with Crippen molar-refractivity contribution in [2.24, 2.45) is 0 Å². The van der Waals surface area contributed by atoms with Gasteiger partial charge in [0, 0.05) is 23.7 Å². The maximum absolute atomic E-state index is 13.1. The van der Waals surface area contributed by atoms with Crippen molar-refractivity contribution in [3.8, 4) is 11.4 Å². The second kappa shape index (κ2) is 7.49. The van der Waals surface area contributed by atoms with Gasteiger partial charge in [-0.2, -0.15) is 13.2 Å². The Labute approximate surface area is 153 Å². The van der Waals surface area contributed by atoms with E-state index in [2.05, 4.69) is 21.2 Å². The Morgan fingerprint density at radius 2 is 1.65 bits per heavy atom. The molecule has 136 valence electrons. The normalized spacial score (nSPS) is 11.7. The van der Waals surface area contributed by atoms with Gasteiger partial charge in [0.05, 0.1) is 0 Å². The van der Waals surface area contributed by atoms with E-state index in [1.165, 1.54) is 24.2 Å². The highest BCUT2D eigenvalue weighted by Crippen LogP contribution is 2.30. The minimum Gasteiger partial charge on any atom is -0.293 e. The van der Waals surface area contributed by atoms with Crippen LogP contribution in [0.25, 0.3) is 11.4 Å². The monoisotopic (exact) mass is 378 g/mol. The summed E-state index contributed by atoms with van der Waals surface area (Å²) in [6.07, 6.45) is -1.33. The quantitative estimate of drug-likeness (QED) is 0.598. The van der Waals surface area contributed by atoms with Crippen molar-refractivity contribution in [1.29, 1.82) is 0 Å². The molecule has 0 unspecified atom stereocenters. The number of nitrogens with zero attached hydrogens (tertiary/aromatic N) is 4. The van der Waals surface area contributed by atoms with Crippen LogP contribution < -0.4 is 0 Å². The second-order valence-corrected chi connectivity index (χ2v) is 6.97. The summed E-state index contributed by atoms with van der Waals surface area (Å²) in [6, 6.07) is 9.34. The van der Waals surface area contributed by atoms with Crippen molar-refractivity contribution in [3.63, 3.8) is 0 Å². The lowest BCUT2D eigenvalue weighted by Gasteiger charge is -2.12. The molecule has 3 aromatic rings. The first-order valence-corrected chi connectivity index (χ1v) is 8.91. The summed E-state index contributed by atoms with van der Waals surface area (Å²) in [7, 11) is 0. The number of rotatable bonds is 5. The number of hydrogen-bond acceptors (Lipinski definition) is 4. The average molecular weight is 378 g/mol. The van der Waals surface area contributed by atoms with Gasteiger partial charge in [-0.3, -0.25) is 9.55 Å². The number of thioether (sulfide) groups is 1. The molecule has 1 aromatic carbocycles. The van der Waals surface area contributed by atoms with Crippen LogP contribution >= 0.6 is 11.8 Å².